The highest BCUT2D eigenvalue weighted by atomic mass is 15.2. The summed E-state index contributed by atoms with van der Waals surface area (Å²) < 4.78 is 0. The molecule has 0 aliphatic heterocycles. The molecule has 0 fully saturated rings. The lowest BCUT2D eigenvalue weighted by molar-refractivity contribution is 0.151. The van der Waals surface area contributed by atoms with E-state index in [0.717, 1.165) is 6.42 Å². The van der Waals surface area contributed by atoms with E-state index in [2.05, 4.69) is 49.8 Å². The van der Waals surface area contributed by atoms with Crippen LogP contribution in [0, 0.1) is 0 Å². The zero-order chi connectivity index (χ0) is 13.5. The van der Waals surface area contributed by atoms with Crippen LogP contribution in [-0.4, -0.2) is 29.0 Å². The maximum atomic E-state index is 6.32. The SMILES string of the molecule is CCCC(C)N(C)C(c1ccncc1)C(N)CC. The lowest BCUT2D eigenvalue weighted by Crippen LogP contribution is -2.42. The average Bonchev–Trinajstić information content (AvgIpc) is 2.40. The third-order valence-electron chi connectivity index (χ3n) is 3.77. The highest BCUT2D eigenvalue weighted by molar-refractivity contribution is 5.17. The number of nitrogens with zero attached hydrogens (tertiary/aromatic N) is 2. The number of hydrogen-bond acceptors (Lipinski definition) is 3. The van der Waals surface area contributed by atoms with Gasteiger partial charge in [0.2, 0.25) is 0 Å². The number of hydrogen-bond donors (Lipinski definition) is 1. The monoisotopic (exact) mass is 249 g/mol. The van der Waals surface area contributed by atoms with Crippen molar-refractivity contribution in [3.05, 3.63) is 30.1 Å². The quantitative estimate of drug-likeness (QED) is 0.808. The maximum Gasteiger partial charge on any atom is 0.0499 e. The van der Waals surface area contributed by atoms with Crippen molar-refractivity contribution in [1.29, 1.82) is 0 Å². The molecule has 1 rings (SSSR count). The van der Waals surface area contributed by atoms with Gasteiger partial charge in [0.15, 0.2) is 0 Å². The van der Waals surface area contributed by atoms with Crippen LogP contribution in [0.2, 0.25) is 0 Å². The third-order valence-corrected chi connectivity index (χ3v) is 3.77. The summed E-state index contributed by atoms with van der Waals surface area (Å²) >= 11 is 0. The second-order valence-electron chi connectivity index (χ2n) is 5.10. The first-order valence-electron chi connectivity index (χ1n) is 6.99. The zero-order valence-electron chi connectivity index (χ0n) is 12.1. The largest absolute Gasteiger partial charge is 0.326 e. The molecule has 0 aliphatic rings. The molecule has 3 atom stereocenters. The molecule has 3 unspecified atom stereocenters. The summed E-state index contributed by atoms with van der Waals surface area (Å²) in [5.41, 5.74) is 7.59. The van der Waals surface area contributed by atoms with Gasteiger partial charge >= 0.3 is 0 Å². The van der Waals surface area contributed by atoms with E-state index in [4.69, 9.17) is 5.73 Å². The predicted molar refractivity (Wildman–Crippen MR) is 77.4 cm³/mol. The molecule has 0 bridgehead atoms. The number of rotatable bonds is 7. The van der Waals surface area contributed by atoms with Gasteiger partial charge < -0.3 is 5.73 Å². The van der Waals surface area contributed by atoms with Crippen molar-refractivity contribution in [1.82, 2.24) is 9.88 Å². The van der Waals surface area contributed by atoms with E-state index in [-0.39, 0.29) is 12.1 Å². The van der Waals surface area contributed by atoms with Crippen LogP contribution in [0.15, 0.2) is 24.5 Å². The fraction of sp³-hybridized carbons (Fsp3) is 0.667. The van der Waals surface area contributed by atoms with Gasteiger partial charge in [-0.1, -0.05) is 20.3 Å². The topological polar surface area (TPSA) is 42.2 Å². The summed E-state index contributed by atoms with van der Waals surface area (Å²) in [5.74, 6) is 0. The summed E-state index contributed by atoms with van der Waals surface area (Å²) in [6.45, 7) is 6.66. The molecular weight excluding hydrogens is 222 g/mol. The second-order valence-corrected chi connectivity index (χ2v) is 5.10. The van der Waals surface area contributed by atoms with Crippen molar-refractivity contribution >= 4 is 0 Å². The van der Waals surface area contributed by atoms with Crippen LogP contribution in [0.5, 0.6) is 0 Å². The standard InChI is InChI=1S/C15H27N3/c1-5-7-12(3)18(4)15(14(16)6-2)13-8-10-17-11-9-13/h8-12,14-15H,5-7,16H2,1-4H3. The van der Waals surface area contributed by atoms with E-state index in [1.54, 1.807) is 0 Å². The van der Waals surface area contributed by atoms with Crippen molar-refractivity contribution in [2.45, 2.75) is 58.2 Å². The number of pyridine rings is 1. The molecule has 2 N–H and O–H groups in total. The normalized spacial score (nSPS) is 16.6. The van der Waals surface area contributed by atoms with Gasteiger partial charge in [0.25, 0.3) is 0 Å². The minimum Gasteiger partial charge on any atom is -0.326 e. The molecule has 0 spiro atoms. The van der Waals surface area contributed by atoms with Crippen LogP contribution in [0.4, 0.5) is 0 Å². The Morgan fingerprint density at radius 3 is 2.39 bits per heavy atom. The van der Waals surface area contributed by atoms with Crippen LogP contribution in [0.25, 0.3) is 0 Å². The van der Waals surface area contributed by atoms with Gasteiger partial charge in [0.05, 0.1) is 0 Å². The maximum absolute atomic E-state index is 6.32. The first-order valence-corrected chi connectivity index (χ1v) is 6.99. The number of nitrogens with two attached hydrogens (primary N) is 1. The second kappa shape index (κ2) is 7.49. The number of likely N-dealkylation sites (N-methyl/N-ethyl adjacent to an activating group) is 1. The lowest BCUT2D eigenvalue weighted by atomic mass is 9.95. The van der Waals surface area contributed by atoms with E-state index in [1.165, 1.54) is 18.4 Å². The number of aromatic nitrogens is 1. The smallest absolute Gasteiger partial charge is 0.0499 e. The van der Waals surface area contributed by atoms with Crippen molar-refractivity contribution in [3.8, 4) is 0 Å². The van der Waals surface area contributed by atoms with Crippen LogP contribution in [0.1, 0.15) is 51.6 Å². The van der Waals surface area contributed by atoms with Crippen LogP contribution in [0.3, 0.4) is 0 Å². The van der Waals surface area contributed by atoms with Gasteiger partial charge in [-0.15, -0.1) is 0 Å². The Morgan fingerprint density at radius 1 is 1.28 bits per heavy atom. The Morgan fingerprint density at radius 2 is 1.89 bits per heavy atom. The van der Waals surface area contributed by atoms with E-state index < -0.39 is 0 Å². The van der Waals surface area contributed by atoms with Crippen molar-refractivity contribution < 1.29 is 0 Å². The fourth-order valence-electron chi connectivity index (χ4n) is 2.46. The van der Waals surface area contributed by atoms with Gasteiger partial charge in [0.1, 0.15) is 0 Å². The minimum absolute atomic E-state index is 0.164. The van der Waals surface area contributed by atoms with Gasteiger partial charge in [-0.2, -0.15) is 0 Å². The summed E-state index contributed by atoms with van der Waals surface area (Å²) in [6, 6.07) is 5.15. The van der Waals surface area contributed by atoms with Gasteiger partial charge in [-0.3, -0.25) is 9.88 Å². The van der Waals surface area contributed by atoms with E-state index in [9.17, 15) is 0 Å². The fourth-order valence-corrected chi connectivity index (χ4v) is 2.46. The van der Waals surface area contributed by atoms with Crippen molar-refractivity contribution in [2.24, 2.45) is 5.73 Å². The molecule has 1 aromatic heterocycles. The van der Waals surface area contributed by atoms with E-state index in [0.29, 0.717) is 6.04 Å². The molecule has 1 heterocycles. The van der Waals surface area contributed by atoms with E-state index in [1.807, 2.05) is 12.4 Å². The van der Waals surface area contributed by atoms with Gasteiger partial charge in [-0.05, 0) is 44.5 Å². The van der Waals surface area contributed by atoms with E-state index >= 15 is 0 Å². The highest BCUT2D eigenvalue weighted by Crippen LogP contribution is 2.26. The molecule has 0 saturated carbocycles. The van der Waals surface area contributed by atoms with Crippen LogP contribution in [-0.2, 0) is 0 Å². The molecule has 0 aliphatic carbocycles. The molecule has 0 saturated heterocycles. The molecule has 0 amide bonds. The molecule has 0 aromatic carbocycles. The molecule has 3 nitrogen and oxygen atoms in total. The Kier molecular flexibility index (Phi) is 6.30. The van der Waals surface area contributed by atoms with Gasteiger partial charge in [-0.25, -0.2) is 0 Å². The molecule has 18 heavy (non-hydrogen) atoms. The summed E-state index contributed by atoms with van der Waals surface area (Å²) in [5, 5.41) is 0. The first-order chi connectivity index (χ1) is 8.61. The Labute approximate surface area is 111 Å². The summed E-state index contributed by atoms with van der Waals surface area (Å²) in [7, 11) is 2.18. The molecule has 0 radical (unpaired) electrons. The van der Waals surface area contributed by atoms with Crippen molar-refractivity contribution in [3.63, 3.8) is 0 Å². The van der Waals surface area contributed by atoms with Crippen LogP contribution >= 0.6 is 0 Å². The zero-order valence-corrected chi connectivity index (χ0v) is 12.1. The highest BCUT2D eigenvalue weighted by Gasteiger charge is 2.25. The molecular formula is C15H27N3. The van der Waals surface area contributed by atoms with Crippen molar-refractivity contribution in [2.75, 3.05) is 7.05 Å². The Hall–Kier alpha value is -0.930. The lowest BCUT2D eigenvalue weighted by Gasteiger charge is -2.36. The summed E-state index contributed by atoms with van der Waals surface area (Å²) in [6.07, 6.45) is 7.09. The summed E-state index contributed by atoms with van der Waals surface area (Å²) in [4.78, 5) is 6.50. The average molecular weight is 249 g/mol. The first kappa shape index (κ1) is 15.1. The Balaban J connectivity index is 2.92. The van der Waals surface area contributed by atoms with Gasteiger partial charge in [0, 0.05) is 30.5 Å². The minimum atomic E-state index is 0.164. The van der Waals surface area contributed by atoms with Crippen LogP contribution < -0.4 is 5.73 Å². The predicted octanol–water partition coefficient (Wildman–Crippen LogP) is 2.98. The molecule has 1 aromatic rings. The third kappa shape index (κ3) is 3.79. The molecule has 102 valence electrons. The Bertz CT molecular complexity index is 326. The molecule has 3 heteroatoms.